The molecule has 0 unspecified atom stereocenters. The SMILES string of the molecule is COc1ccccc1CN(C)Cc1cc(CN2CCCC2)cs1. The molecule has 0 N–H and O–H groups in total. The van der Waals surface area contributed by atoms with E-state index >= 15 is 0 Å². The molecule has 0 atom stereocenters. The first-order chi connectivity index (χ1) is 11.2. The lowest BCUT2D eigenvalue weighted by atomic mass is 10.2. The van der Waals surface area contributed by atoms with Gasteiger partial charge in [0, 0.05) is 30.1 Å². The Bertz CT molecular complexity index is 619. The molecule has 2 heterocycles. The maximum Gasteiger partial charge on any atom is 0.123 e. The first kappa shape index (κ1) is 16.5. The Morgan fingerprint density at radius 2 is 1.96 bits per heavy atom. The Hall–Kier alpha value is -1.36. The van der Waals surface area contributed by atoms with Crippen molar-refractivity contribution in [1.29, 1.82) is 0 Å². The molecule has 23 heavy (non-hydrogen) atoms. The van der Waals surface area contributed by atoms with Gasteiger partial charge in [-0.05, 0) is 56.1 Å². The first-order valence-corrected chi connectivity index (χ1v) is 9.21. The molecule has 0 spiro atoms. The van der Waals surface area contributed by atoms with Crippen molar-refractivity contribution in [2.24, 2.45) is 0 Å². The molecular formula is C19H26N2OS. The summed E-state index contributed by atoms with van der Waals surface area (Å²) < 4.78 is 5.45. The van der Waals surface area contributed by atoms with Crippen LogP contribution < -0.4 is 4.74 Å². The Balaban J connectivity index is 1.55. The zero-order valence-corrected chi connectivity index (χ0v) is 14.9. The minimum absolute atomic E-state index is 0.906. The second kappa shape index (κ2) is 7.95. The van der Waals surface area contributed by atoms with E-state index in [1.165, 1.54) is 41.9 Å². The van der Waals surface area contributed by atoms with Gasteiger partial charge in [0.05, 0.1) is 7.11 Å². The lowest BCUT2D eigenvalue weighted by molar-refractivity contribution is 0.312. The number of hydrogen-bond donors (Lipinski definition) is 0. The van der Waals surface area contributed by atoms with Gasteiger partial charge in [0.15, 0.2) is 0 Å². The summed E-state index contributed by atoms with van der Waals surface area (Å²) in [7, 11) is 3.91. The number of thiophene rings is 1. The third-order valence-electron chi connectivity index (χ3n) is 4.37. The summed E-state index contributed by atoms with van der Waals surface area (Å²) in [6.45, 7) is 5.54. The van der Waals surface area contributed by atoms with Crippen LogP contribution >= 0.6 is 11.3 Å². The molecule has 3 rings (SSSR count). The van der Waals surface area contributed by atoms with Crippen molar-refractivity contribution in [2.45, 2.75) is 32.5 Å². The number of nitrogens with zero attached hydrogens (tertiary/aromatic N) is 2. The van der Waals surface area contributed by atoms with Gasteiger partial charge < -0.3 is 4.74 Å². The number of hydrogen-bond acceptors (Lipinski definition) is 4. The summed E-state index contributed by atoms with van der Waals surface area (Å²) in [6, 6.07) is 10.6. The predicted octanol–water partition coefficient (Wildman–Crippen LogP) is 3.98. The minimum Gasteiger partial charge on any atom is -0.496 e. The van der Waals surface area contributed by atoms with Crippen LogP contribution in [0.5, 0.6) is 5.75 Å². The van der Waals surface area contributed by atoms with Crippen LogP contribution in [0.3, 0.4) is 0 Å². The monoisotopic (exact) mass is 330 g/mol. The topological polar surface area (TPSA) is 15.7 Å². The quantitative estimate of drug-likeness (QED) is 0.763. The van der Waals surface area contributed by atoms with E-state index in [0.717, 1.165) is 25.4 Å². The zero-order valence-electron chi connectivity index (χ0n) is 14.1. The molecule has 0 saturated carbocycles. The van der Waals surface area contributed by atoms with E-state index < -0.39 is 0 Å². The molecule has 1 aliphatic heterocycles. The summed E-state index contributed by atoms with van der Waals surface area (Å²) in [6.07, 6.45) is 2.72. The van der Waals surface area contributed by atoms with Crippen molar-refractivity contribution in [3.8, 4) is 5.75 Å². The van der Waals surface area contributed by atoms with Gasteiger partial charge in [-0.3, -0.25) is 9.80 Å². The third kappa shape index (κ3) is 4.56. The minimum atomic E-state index is 0.906. The molecule has 1 fully saturated rings. The maximum atomic E-state index is 5.45. The Morgan fingerprint density at radius 3 is 2.74 bits per heavy atom. The molecule has 3 nitrogen and oxygen atoms in total. The van der Waals surface area contributed by atoms with E-state index in [2.05, 4.69) is 40.4 Å². The summed E-state index contributed by atoms with van der Waals surface area (Å²) in [5.74, 6) is 0.972. The van der Waals surface area contributed by atoms with Gasteiger partial charge in [0.2, 0.25) is 0 Å². The number of rotatable bonds is 7. The summed E-state index contributed by atoms with van der Waals surface area (Å²) in [5.41, 5.74) is 2.71. The molecule has 1 saturated heterocycles. The predicted molar refractivity (Wildman–Crippen MR) is 97.0 cm³/mol. The summed E-state index contributed by atoms with van der Waals surface area (Å²) in [5, 5.41) is 2.32. The Morgan fingerprint density at radius 1 is 1.17 bits per heavy atom. The van der Waals surface area contributed by atoms with Crippen LogP contribution in [-0.2, 0) is 19.6 Å². The number of para-hydroxylation sites is 1. The molecule has 2 aromatic rings. The average Bonchev–Trinajstić information content (AvgIpc) is 3.20. The van der Waals surface area contributed by atoms with Gasteiger partial charge in [0.1, 0.15) is 5.75 Å². The molecular weight excluding hydrogens is 304 g/mol. The van der Waals surface area contributed by atoms with Crippen molar-refractivity contribution < 1.29 is 4.74 Å². The van der Waals surface area contributed by atoms with E-state index in [1.807, 2.05) is 23.5 Å². The van der Waals surface area contributed by atoms with Gasteiger partial charge >= 0.3 is 0 Å². The fourth-order valence-electron chi connectivity index (χ4n) is 3.24. The van der Waals surface area contributed by atoms with Gasteiger partial charge in [0.25, 0.3) is 0 Å². The van der Waals surface area contributed by atoms with Gasteiger partial charge in [-0.25, -0.2) is 0 Å². The molecule has 124 valence electrons. The second-order valence-corrected chi connectivity index (χ2v) is 7.38. The van der Waals surface area contributed by atoms with Gasteiger partial charge in [-0.1, -0.05) is 18.2 Å². The van der Waals surface area contributed by atoms with Crippen LogP contribution in [-0.4, -0.2) is 37.0 Å². The lowest BCUT2D eigenvalue weighted by Crippen LogP contribution is -2.18. The van der Waals surface area contributed by atoms with E-state index in [4.69, 9.17) is 4.74 Å². The van der Waals surface area contributed by atoms with E-state index in [0.29, 0.717) is 0 Å². The van der Waals surface area contributed by atoms with Crippen molar-refractivity contribution in [3.05, 3.63) is 51.7 Å². The Kier molecular flexibility index (Phi) is 5.70. The Labute approximate surface area is 143 Å². The largest absolute Gasteiger partial charge is 0.496 e. The number of ether oxygens (including phenoxy) is 1. The summed E-state index contributed by atoms with van der Waals surface area (Å²) >= 11 is 1.88. The van der Waals surface area contributed by atoms with Crippen molar-refractivity contribution in [2.75, 3.05) is 27.2 Å². The molecule has 0 radical (unpaired) electrons. The average molecular weight is 330 g/mol. The van der Waals surface area contributed by atoms with E-state index in [1.54, 1.807) is 7.11 Å². The second-order valence-electron chi connectivity index (χ2n) is 6.39. The maximum absolute atomic E-state index is 5.45. The molecule has 1 aromatic heterocycles. The van der Waals surface area contributed by atoms with E-state index in [-0.39, 0.29) is 0 Å². The van der Waals surface area contributed by atoms with Crippen molar-refractivity contribution in [1.82, 2.24) is 9.80 Å². The number of likely N-dealkylation sites (tertiary alicyclic amines) is 1. The zero-order chi connectivity index (χ0) is 16.1. The van der Waals surface area contributed by atoms with Crippen LogP contribution in [0.4, 0.5) is 0 Å². The van der Waals surface area contributed by atoms with Crippen molar-refractivity contribution in [3.63, 3.8) is 0 Å². The molecule has 1 aromatic carbocycles. The van der Waals surface area contributed by atoms with E-state index in [9.17, 15) is 0 Å². The van der Waals surface area contributed by atoms with Crippen LogP contribution in [0.15, 0.2) is 35.7 Å². The molecule has 4 heteroatoms. The highest BCUT2D eigenvalue weighted by molar-refractivity contribution is 7.10. The molecule has 1 aliphatic rings. The highest BCUT2D eigenvalue weighted by Crippen LogP contribution is 2.22. The van der Waals surface area contributed by atoms with Crippen LogP contribution in [0, 0.1) is 0 Å². The van der Waals surface area contributed by atoms with Crippen molar-refractivity contribution >= 4 is 11.3 Å². The van der Waals surface area contributed by atoms with Gasteiger partial charge in [-0.15, -0.1) is 11.3 Å². The smallest absolute Gasteiger partial charge is 0.123 e. The fraction of sp³-hybridized carbons (Fsp3) is 0.474. The molecule has 0 bridgehead atoms. The van der Waals surface area contributed by atoms with Gasteiger partial charge in [-0.2, -0.15) is 0 Å². The summed E-state index contributed by atoms with van der Waals surface area (Å²) in [4.78, 5) is 6.35. The lowest BCUT2D eigenvalue weighted by Gasteiger charge is -2.17. The number of benzene rings is 1. The molecule has 0 amide bonds. The van der Waals surface area contributed by atoms with Crippen LogP contribution in [0.1, 0.15) is 28.8 Å². The highest BCUT2D eigenvalue weighted by atomic mass is 32.1. The van der Waals surface area contributed by atoms with Crippen LogP contribution in [0.2, 0.25) is 0 Å². The standard InChI is InChI=1S/C19H26N2OS/c1-20(13-17-7-3-4-8-19(17)22-2)14-18-11-16(15-23-18)12-21-9-5-6-10-21/h3-4,7-8,11,15H,5-6,9-10,12-14H2,1-2H3. The normalized spacial score (nSPS) is 15.4. The number of methoxy groups -OCH3 is 1. The molecule has 0 aliphatic carbocycles. The highest BCUT2D eigenvalue weighted by Gasteiger charge is 2.13. The fourth-order valence-corrected chi connectivity index (χ4v) is 4.20. The van der Waals surface area contributed by atoms with Crippen LogP contribution in [0.25, 0.3) is 0 Å². The first-order valence-electron chi connectivity index (χ1n) is 8.33. The third-order valence-corrected chi connectivity index (χ3v) is 5.34.